The Morgan fingerprint density at radius 3 is 2.84 bits per heavy atom. The van der Waals surface area contributed by atoms with Crippen LogP contribution in [0.2, 0.25) is 0 Å². The molecule has 2 heterocycles. The molecular weight excluding hydrogens is 238 g/mol. The summed E-state index contributed by atoms with van der Waals surface area (Å²) < 4.78 is 5.87. The zero-order valence-electron chi connectivity index (χ0n) is 10.5. The zero-order valence-corrected chi connectivity index (χ0v) is 10.5. The molecule has 94 valence electrons. The lowest BCUT2D eigenvalue weighted by molar-refractivity contribution is 0.485. The highest BCUT2D eigenvalue weighted by Gasteiger charge is 2.07. The first kappa shape index (κ1) is 11.5. The van der Waals surface area contributed by atoms with Gasteiger partial charge in [0, 0.05) is 29.0 Å². The van der Waals surface area contributed by atoms with E-state index in [1.54, 1.807) is 12.4 Å². The molecule has 0 aliphatic carbocycles. The first-order valence-corrected chi connectivity index (χ1v) is 5.97. The maximum absolute atomic E-state index is 5.87. The second-order valence-corrected chi connectivity index (χ2v) is 4.33. The van der Waals surface area contributed by atoms with Crippen LogP contribution in [0.15, 0.2) is 48.8 Å². The van der Waals surface area contributed by atoms with Gasteiger partial charge < -0.3 is 10.5 Å². The average molecular weight is 251 g/mol. The van der Waals surface area contributed by atoms with E-state index in [0.29, 0.717) is 11.4 Å². The van der Waals surface area contributed by atoms with Crippen molar-refractivity contribution < 1.29 is 4.74 Å². The SMILES string of the molecule is Cc1cc(Oc2cccnc2)c2cc(N)ccc2n1. The third-order valence-corrected chi connectivity index (χ3v) is 2.79. The molecule has 0 saturated carbocycles. The zero-order chi connectivity index (χ0) is 13.2. The number of nitrogens with zero attached hydrogens (tertiary/aromatic N) is 2. The lowest BCUT2D eigenvalue weighted by atomic mass is 10.1. The van der Waals surface area contributed by atoms with Gasteiger partial charge in [0.05, 0.1) is 11.7 Å². The van der Waals surface area contributed by atoms with Gasteiger partial charge in [-0.2, -0.15) is 0 Å². The van der Waals surface area contributed by atoms with Gasteiger partial charge in [0.15, 0.2) is 0 Å². The lowest BCUT2D eigenvalue weighted by Gasteiger charge is -2.10. The Bertz CT molecular complexity index is 726. The van der Waals surface area contributed by atoms with Crippen molar-refractivity contribution in [1.82, 2.24) is 9.97 Å². The predicted molar refractivity (Wildman–Crippen MR) is 75.2 cm³/mol. The van der Waals surface area contributed by atoms with Crippen LogP contribution in [0.25, 0.3) is 10.9 Å². The lowest BCUT2D eigenvalue weighted by Crippen LogP contribution is -1.92. The van der Waals surface area contributed by atoms with Gasteiger partial charge in [0.2, 0.25) is 0 Å². The van der Waals surface area contributed by atoms with E-state index in [-0.39, 0.29) is 0 Å². The van der Waals surface area contributed by atoms with Gasteiger partial charge >= 0.3 is 0 Å². The van der Waals surface area contributed by atoms with Crippen LogP contribution < -0.4 is 10.5 Å². The van der Waals surface area contributed by atoms with E-state index in [2.05, 4.69) is 9.97 Å². The van der Waals surface area contributed by atoms with E-state index in [4.69, 9.17) is 10.5 Å². The van der Waals surface area contributed by atoms with Crippen molar-refractivity contribution in [3.63, 3.8) is 0 Å². The van der Waals surface area contributed by atoms with Crippen LogP contribution in [0.3, 0.4) is 0 Å². The summed E-state index contributed by atoms with van der Waals surface area (Å²) >= 11 is 0. The van der Waals surface area contributed by atoms with Crippen molar-refractivity contribution in [2.24, 2.45) is 0 Å². The van der Waals surface area contributed by atoms with Gasteiger partial charge in [0.1, 0.15) is 11.5 Å². The van der Waals surface area contributed by atoms with Crippen LogP contribution in [0.4, 0.5) is 5.69 Å². The van der Waals surface area contributed by atoms with Crippen LogP contribution in [0.1, 0.15) is 5.69 Å². The molecule has 0 saturated heterocycles. The molecule has 4 nitrogen and oxygen atoms in total. The summed E-state index contributed by atoms with van der Waals surface area (Å²) in [4.78, 5) is 8.50. The van der Waals surface area contributed by atoms with E-state index >= 15 is 0 Å². The second kappa shape index (κ2) is 4.57. The fraction of sp³-hybridized carbons (Fsp3) is 0.0667. The number of nitrogens with two attached hydrogens (primary N) is 1. The van der Waals surface area contributed by atoms with Crippen molar-refractivity contribution in [1.29, 1.82) is 0 Å². The predicted octanol–water partition coefficient (Wildman–Crippen LogP) is 3.31. The van der Waals surface area contributed by atoms with Crippen LogP contribution in [0.5, 0.6) is 11.5 Å². The molecule has 0 aliphatic heterocycles. The fourth-order valence-electron chi connectivity index (χ4n) is 1.96. The van der Waals surface area contributed by atoms with E-state index in [9.17, 15) is 0 Å². The summed E-state index contributed by atoms with van der Waals surface area (Å²) in [5, 5.41) is 0.898. The van der Waals surface area contributed by atoms with E-state index in [0.717, 1.165) is 22.3 Å². The molecule has 19 heavy (non-hydrogen) atoms. The molecule has 1 aromatic carbocycles. The monoisotopic (exact) mass is 251 g/mol. The van der Waals surface area contributed by atoms with Crippen LogP contribution in [-0.2, 0) is 0 Å². The highest BCUT2D eigenvalue weighted by Crippen LogP contribution is 2.30. The maximum atomic E-state index is 5.87. The number of fused-ring (bicyclic) bond motifs is 1. The normalized spacial score (nSPS) is 10.6. The van der Waals surface area contributed by atoms with Crippen molar-refractivity contribution in [3.8, 4) is 11.5 Å². The molecule has 0 atom stereocenters. The number of aryl methyl sites for hydroxylation is 1. The molecule has 0 spiro atoms. The molecule has 4 heteroatoms. The van der Waals surface area contributed by atoms with Gasteiger partial charge in [-0.05, 0) is 37.3 Å². The molecule has 0 radical (unpaired) electrons. The summed E-state index contributed by atoms with van der Waals surface area (Å²) in [7, 11) is 0. The molecule has 0 bridgehead atoms. The summed E-state index contributed by atoms with van der Waals surface area (Å²) in [5.41, 5.74) is 8.29. The number of nitrogen functional groups attached to an aromatic ring is 1. The Balaban J connectivity index is 2.14. The van der Waals surface area contributed by atoms with Crippen molar-refractivity contribution in [2.45, 2.75) is 6.92 Å². The van der Waals surface area contributed by atoms with Crippen LogP contribution >= 0.6 is 0 Å². The molecule has 0 aliphatic rings. The molecule has 0 fully saturated rings. The standard InChI is InChI=1S/C15H13N3O/c1-10-7-15(19-12-3-2-6-17-9-12)13-8-11(16)4-5-14(13)18-10/h2-9H,16H2,1H3. The number of rotatable bonds is 2. The molecule has 3 rings (SSSR count). The van der Waals surface area contributed by atoms with E-state index < -0.39 is 0 Å². The third-order valence-electron chi connectivity index (χ3n) is 2.79. The molecular formula is C15H13N3O. The highest BCUT2D eigenvalue weighted by molar-refractivity contribution is 5.88. The van der Waals surface area contributed by atoms with Gasteiger partial charge in [-0.15, -0.1) is 0 Å². The number of hydrogen-bond acceptors (Lipinski definition) is 4. The second-order valence-electron chi connectivity index (χ2n) is 4.33. The quantitative estimate of drug-likeness (QED) is 0.710. The first-order chi connectivity index (χ1) is 9.22. The van der Waals surface area contributed by atoms with Crippen LogP contribution in [0, 0.1) is 6.92 Å². The number of benzene rings is 1. The molecule has 0 amide bonds. The summed E-state index contributed by atoms with van der Waals surface area (Å²) in [6, 6.07) is 11.2. The highest BCUT2D eigenvalue weighted by atomic mass is 16.5. The molecule has 3 aromatic rings. The van der Waals surface area contributed by atoms with Gasteiger partial charge in [-0.1, -0.05) is 0 Å². The van der Waals surface area contributed by atoms with Gasteiger partial charge in [-0.3, -0.25) is 9.97 Å². The molecule has 2 aromatic heterocycles. The van der Waals surface area contributed by atoms with Gasteiger partial charge in [0.25, 0.3) is 0 Å². The minimum atomic E-state index is 0.689. The number of aromatic nitrogens is 2. The Morgan fingerprint density at radius 1 is 1.16 bits per heavy atom. The summed E-state index contributed by atoms with van der Waals surface area (Å²) in [6.07, 6.45) is 3.38. The first-order valence-electron chi connectivity index (χ1n) is 5.97. The number of pyridine rings is 2. The third kappa shape index (κ3) is 2.33. The van der Waals surface area contributed by atoms with Crippen molar-refractivity contribution in [2.75, 3.05) is 5.73 Å². The average Bonchev–Trinajstić information content (AvgIpc) is 2.41. The van der Waals surface area contributed by atoms with Crippen molar-refractivity contribution >= 4 is 16.6 Å². The fourth-order valence-corrected chi connectivity index (χ4v) is 1.96. The topological polar surface area (TPSA) is 61.0 Å². The smallest absolute Gasteiger partial charge is 0.145 e. The summed E-state index contributed by atoms with van der Waals surface area (Å²) in [5.74, 6) is 1.43. The minimum Gasteiger partial charge on any atom is -0.455 e. The van der Waals surface area contributed by atoms with E-state index in [1.165, 1.54) is 0 Å². The Kier molecular flexibility index (Phi) is 2.76. The van der Waals surface area contributed by atoms with Crippen LogP contribution in [-0.4, -0.2) is 9.97 Å². The summed E-state index contributed by atoms with van der Waals surface area (Å²) in [6.45, 7) is 1.94. The molecule has 2 N–H and O–H groups in total. The number of hydrogen-bond donors (Lipinski definition) is 1. The number of anilines is 1. The maximum Gasteiger partial charge on any atom is 0.145 e. The largest absolute Gasteiger partial charge is 0.455 e. The Hall–Kier alpha value is -2.62. The minimum absolute atomic E-state index is 0.689. The number of ether oxygens (including phenoxy) is 1. The Morgan fingerprint density at radius 2 is 2.05 bits per heavy atom. The molecule has 0 unspecified atom stereocenters. The van der Waals surface area contributed by atoms with Crippen molar-refractivity contribution in [3.05, 3.63) is 54.5 Å². The Labute approximate surface area is 110 Å². The van der Waals surface area contributed by atoms with E-state index in [1.807, 2.05) is 43.3 Å². The van der Waals surface area contributed by atoms with Gasteiger partial charge in [-0.25, -0.2) is 0 Å².